The standard InChI is InChI=1S/C27H29N3O5/c1-3-34-21-12-11-20(17-22(21)35-4-2)24-23(25(31)19-9-6-5-7-10-19)26(32)27(33)30(24)15-8-14-29-16-13-28-18-29/h5-7,9-13,16-18,24H,3-4,8,14-15H2,1-2H3,(H,31,32)/p+1. The van der Waals surface area contributed by atoms with Crippen LogP contribution in [0.4, 0.5) is 0 Å². The molecule has 0 spiro atoms. The van der Waals surface area contributed by atoms with Crippen LogP contribution in [0.1, 0.15) is 37.4 Å². The third-order valence-corrected chi connectivity index (χ3v) is 5.89. The lowest BCUT2D eigenvalue weighted by atomic mass is 9.95. The zero-order chi connectivity index (χ0) is 24.8. The fourth-order valence-electron chi connectivity index (χ4n) is 4.33. The van der Waals surface area contributed by atoms with Gasteiger partial charge in [0, 0.05) is 18.5 Å². The SMILES string of the molecule is CCOc1ccc(C2C(=C(O)c3ccccc3)C(=O)C(=O)N2CCC[n+]2cc[nH]c2)cc1OCC. The third kappa shape index (κ3) is 5.06. The second kappa shape index (κ2) is 10.9. The number of aliphatic hydroxyl groups excluding tert-OH is 1. The topological polar surface area (TPSA) is 95.7 Å². The number of aryl methyl sites for hydroxylation is 1. The highest BCUT2D eigenvalue weighted by molar-refractivity contribution is 6.46. The van der Waals surface area contributed by atoms with E-state index in [0.29, 0.717) is 55.4 Å². The maximum atomic E-state index is 13.2. The van der Waals surface area contributed by atoms with Crippen molar-refractivity contribution in [2.45, 2.75) is 32.9 Å². The number of nitrogens with one attached hydrogen (secondary N) is 1. The molecule has 1 aliphatic rings. The van der Waals surface area contributed by atoms with E-state index in [4.69, 9.17) is 9.47 Å². The van der Waals surface area contributed by atoms with Gasteiger partial charge in [-0.1, -0.05) is 36.4 Å². The van der Waals surface area contributed by atoms with Gasteiger partial charge in [-0.05, 0) is 31.5 Å². The minimum atomic E-state index is -0.749. The summed E-state index contributed by atoms with van der Waals surface area (Å²) in [5.41, 5.74) is 1.22. The molecule has 0 aliphatic carbocycles. The van der Waals surface area contributed by atoms with Crippen molar-refractivity contribution in [3.05, 3.63) is 84.0 Å². The number of ketones is 1. The van der Waals surface area contributed by atoms with E-state index in [0.717, 1.165) is 0 Å². The molecule has 4 rings (SSSR count). The number of aromatic amines is 1. The Morgan fingerprint density at radius 2 is 1.80 bits per heavy atom. The number of imidazole rings is 1. The zero-order valence-corrected chi connectivity index (χ0v) is 19.9. The molecular weight excluding hydrogens is 446 g/mol. The van der Waals surface area contributed by atoms with Crippen molar-refractivity contribution in [3.63, 3.8) is 0 Å². The summed E-state index contributed by atoms with van der Waals surface area (Å²) in [5, 5.41) is 11.2. The van der Waals surface area contributed by atoms with E-state index in [-0.39, 0.29) is 11.3 Å². The molecule has 2 aromatic carbocycles. The van der Waals surface area contributed by atoms with Crippen molar-refractivity contribution in [2.75, 3.05) is 19.8 Å². The number of amides is 1. The van der Waals surface area contributed by atoms with Gasteiger partial charge < -0.3 is 19.5 Å². The molecule has 2 N–H and O–H groups in total. The third-order valence-electron chi connectivity index (χ3n) is 5.89. The van der Waals surface area contributed by atoms with E-state index in [9.17, 15) is 14.7 Å². The van der Waals surface area contributed by atoms with Crippen LogP contribution in [-0.2, 0) is 16.1 Å². The molecule has 1 atom stereocenters. The molecule has 1 fully saturated rings. The average Bonchev–Trinajstić information content (AvgIpc) is 3.48. The lowest BCUT2D eigenvalue weighted by Gasteiger charge is -2.26. The zero-order valence-electron chi connectivity index (χ0n) is 19.9. The molecule has 35 heavy (non-hydrogen) atoms. The van der Waals surface area contributed by atoms with Gasteiger partial charge in [-0.3, -0.25) is 14.6 Å². The summed E-state index contributed by atoms with van der Waals surface area (Å²) >= 11 is 0. The fraction of sp³-hybridized carbons (Fsp3) is 0.296. The highest BCUT2D eigenvalue weighted by Crippen LogP contribution is 2.42. The summed E-state index contributed by atoms with van der Waals surface area (Å²) in [6.07, 6.45) is 6.19. The molecule has 1 amide bonds. The second-order valence-electron chi connectivity index (χ2n) is 8.13. The quantitative estimate of drug-likeness (QED) is 0.202. The molecule has 182 valence electrons. The second-order valence-corrected chi connectivity index (χ2v) is 8.13. The summed E-state index contributed by atoms with van der Waals surface area (Å²) in [4.78, 5) is 30.9. The van der Waals surface area contributed by atoms with E-state index in [1.807, 2.05) is 49.3 Å². The minimum absolute atomic E-state index is 0.0714. The number of ether oxygens (including phenoxy) is 2. The summed E-state index contributed by atoms with van der Waals surface area (Å²) < 4.78 is 13.4. The van der Waals surface area contributed by atoms with Gasteiger partial charge in [-0.2, -0.15) is 0 Å². The first-order valence-corrected chi connectivity index (χ1v) is 11.8. The molecule has 0 radical (unpaired) electrons. The van der Waals surface area contributed by atoms with Crippen LogP contribution in [0.2, 0.25) is 0 Å². The number of rotatable bonds is 10. The molecule has 1 aliphatic heterocycles. The highest BCUT2D eigenvalue weighted by Gasteiger charge is 2.46. The smallest absolute Gasteiger partial charge is 0.295 e. The first-order chi connectivity index (χ1) is 17.0. The monoisotopic (exact) mass is 476 g/mol. The lowest BCUT2D eigenvalue weighted by Crippen LogP contribution is -2.36. The summed E-state index contributed by atoms with van der Waals surface area (Å²) in [6, 6.07) is 13.4. The summed E-state index contributed by atoms with van der Waals surface area (Å²) in [5.74, 6) is -0.402. The average molecular weight is 477 g/mol. The van der Waals surface area contributed by atoms with Gasteiger partial charge in [-0.15, -0.1) is 0 Å². The van der Waals surface area contributed by atoms with Crippen LogP contribution < -0.4 is 14.0 Å². The Labute approximate surface area is 204 Å². The predicted octanol–water partition coefficient (Wildman–Crippen LogP) is 3.61. The molecule has 2 heterocycles. The molecule has 3 aromatic rings. The maximum absolute atomic E-state index is 13.2. The molecule has 1 aromatic heterocycles. The Hall–Kier alpha value is -4.07. The molecule has 1 unspecified atom stereocenters. The van der Waals surface area contributed by atoms with E-state index < -0.39 is 17.7 Å². The number of hydrogen-bond donors (Lipinski definition) is 2. The van der Waals surface area contributed by atoms with E-state index in [2.05, 4.69) is 4.98 Å². The Morgan fingerprint density at radius 3 is 2.49 bits per heavy atom. The van der Waals surface area contributed by atoms with Gasteiger partial charge in [0.15, 0.2) is 11.5 Å². The lowest BCUT2D eigenvalue weighted by molar-refractivity contribution is -0.695. The molecule has 1 saturated heterocycles. The number of aliphatic hydroxyl groups is 1. The molecular formula is C27H30N3O5+. The van der Waals surface area contributed by atoms with Crippen LogP contribution in [0.3, 0.4) is 0 Å². The minimum Gasteiger partial charge on any atom is -0.507 e. The van der Waals surface area contributed by atoms with Gasteiger partial charge >= 0.3 is 0 Å². The first kappa shape index (κ1) is 24.1. The van der Waals surface area contributed by atoms with Gasteiger partial charge in [0.2, 0.25) is 6.33 Å². The number of nitrogens with zero attached hydrogens (tertiary/aromatic N) is 2. The van der Waals surface area contributed by atoms with Crippen molar-refractivity contribution in [2.24, 2.45) is 0 Å². The van der Waals surface area contributed by atoms with E-state index in [1.54, 1.807) is 36.4 Å². The largest absolute Gasteiger partial charge is 0.507 e. The Morgan fingerprint density at radius 1 is 1.06 bits per heavy atom. The Balaban J connectivity index is 1.77. The number of carbonyl (C=O) groups excluding carboxylic acids is 2. The number of aromatic nitrogens is 2. The van der Waals surface area contributed by atoms with Crippen molar-refractivity contribution >= 4 is 17.4 Å². The summed E-state index contributed by atoms with van der Waals surface area (Å²) in [6.45, 7) is 5.69. The van der Waals surface area contributed by atoms with Crippen LogP contribution in [0, 0.1) is 0 Å². The summed E-state index contributed by atoms with van der Waals surface area (Å²) in [7, 11) is 0. The number of benzene rings is 2. The normalized spacial score (nSPS) is 17.1. The maximum Gasteiger partial charge on any atom is 0.295 e. The van der Waals surface area contributed by atoms with Crippen molar-refractivity contribution in [1.82, 2.24) is 9.88 Å². The van der Waals surface area contributed by atoms with Gasteiger partial charge in [-0.25, -0.2) is 4.57 Å². The van der Waals surface area contributed by atoms with Crippen LogP contribution in [0.25, 0.3) is 5.76 Å². The first-order valence-electron chi connectivity index (χ1n) is 11.8. The van der Waals surface area contributed by atoms with Gasteiger partial charge in [0.1, 0.15) is 18.2 Å². The van der Waals surface area contributed by atoms with E-state index in [1.165, 1.54) is 4.90 Å². The number of likely N-dealkylation sites (tertiary alicyclic amines) is 1. The Kier molecular flexibility index (Phi) is 7.50. The Bertz CT molecular complexity index is 1200. The highest BCUT2D eigenvalue weighted by atomic mass is 16.5. The molecule has 0 saturated carbocycles. The van der Waals surface area contributed by atoms with Crippen LogP contribution in [0.5, 0.6) is 11.5 Å². The number of H-pyrrole nitrogens is 1. The van der Waals surface area contributed by atoms with E-state index >= 15 is 0 Å². The predicted molar refractivity (Wildman–Crippen MR) is 130 cm³/mol. The van der Waals surface area contributed by atoms with Crippen LogP contribution in [-0.4, -0.2) is 46.4 Å². The fourth-order valence-corrected chi connectivity index (χ4v) is 4.33. The number of Topliss-reactive ketones (excluding diaryl/α,β-unsaturated/α-hetero) is 1. The molecule has 8 heteroatoms. The van der Waals surface area contributed by atoms with Crippen LogP contribution >= 0.6 is 0 Å². The van der Waals surface area contributed by atoms with Crippen LogP contribution in [0.15, 0.2) is 72.8 Å². The van der Waals surface area contributed by atoms with Gasteiger partial charge in [0.05, 0.1) is 31.4 Å². The van der Waals surface area contributed by atoms with Gasteiger partial charge in [0.25, 0.3) is 11.7 Å². The number of hydrogen-bond acceptors (Lipinski definition) is 5. The molecule has 8 nitrogen and oxygen atoms in total. The molecule has 0 bridgehead atoms. The number of carbonyl (C=O) groups is 2. The van der Waals surface area contributed by atoms with Crippen molar-refractivity contribution in [1.29, 1.82) is 0 Å². The van der Waals surface area contributed by atoms with Crippen molar-refractivity contribution < 1.29 is 28.7 Å². The van der Waals surface area contributed by atoms with Crippen molar-refractivity contribution in [3.8, 4) is 11.5 Å².